The van der Waals surface area contributed by atoms with Crippen LogP contribution in [0.3, 0.4) is 0 Å². The summed E-state index contributed by atoms with van der Waals surface area (Å²) < 4.78 is 0. The van der Waals surface area contributed by atoms with Crippen LogP contribution >= 0.6 is 35.3 Å². The van der Waals surface area contributed by atoms with E-state index < -0.39 is 228 Å². The molecule has 0 spiro atoms. The van der Waals surface area contributed by atoms with Gasteiger partial charge >= 0.3 is 5.97 Å². The molecule has 140 heavy (non-hydrogen) atoms. The lowest BCUT2D eigenvalue weighted by atomic mass is 9.92. The lowest BCUT2D eigenvalue weighted by molar-refractivity contribution is -0.143. The first-order chi connectivity index (χ1) is 66.8. The second kappa shape index (κ2) is 50.2. The van der Waals surface area contributed by atoms with E-state index in [0.29, 0.717) is 89.8 Å². The highest BCUT2D eigenvalue weighted by Crippen LogP contribution is 2.31. The van der Waals surface area contributed by atoms with E-state index >= 15 is 38.4 Å². The van der Waals surface area contributed by atoms with Gasteiger partial charge in [-0.2, -0.15) is 11.8 Å². The first-order valence-corrected chi connectivity index (χ1v) is 50.3. The molecule has 752 valence electrons. The Labute approximate surface area is 824 Å². The van der Waals surface area contributed by atoms with Crippen LogP contribution in [0.2, 0.25) is 0 Å². The number of aliphatic hydroxyl groups is 1. The van der Waals surface area contributed by atoms with Gasteiger partial charge in [-0.1, -0.05) is 89.2 Å². The molecular weight excluding hydrogens is 1860 g/mol. The number of H-pyrrole nitrogens is 2. The summed E-state index contributed by atoms with van der Waals surface area (Å²) in [5.74, 6) is -20.7. The van der Waals surface area contributed by atoms with Crippen molar-refractivity contribution in [3.63, 3.8) is 0 Å². The van der Waals surface area contributed by atoms with Crippen LogP contribution in [0.1, 0.15) is 131 Å². The molecule has 7 aromatic rings. The number of nitrogens with two attached hydrogens (primary N) is 2. The highest BCUT2D eigenvalue weighted by atomic mass is 32.2. The number of nitrogens with zero attached hydrogens (tertiary/aromatic N) is 4. The molecule has 4 aliphatic rings. The van der Waals surface area contributed by atoms with E-state index in [2.05, 4.69) is 73.8 Å². The van der Waals surface area contributed by atoms with Gasteiger partial charge in [0.15, 0.2) is 5.78 Å². The second-order valence-electron chi connectivity index (χ2n) is 36.7. The van der Waals surface area contributed by atoms with Crippen molar-refractivity contribution in [1.29, 1.82) is 0 Å². The van der Waals surface area contributed by atoms with Gasteiger partial charge in [0.1, 0.15) is 60.2 Å². The summed E-state index contributed by atoms with van der Waals surface area (Å²) in [6.45, 7) is 9.26. The Morgan fingerprint density at radius 2 is 0.929 bits per heavy atom. The summed E-state index contributed by atoms with van der Waals surface area (Å²) in [5, 5.41) is 56.6. The van der Waals surface area contributed by atoms with Crippen molar-refractivity contribution in [2.24, 2.45) is 35.1 Å². The molecule has 11 rings (SSSR count). The van der Waals surface area contributed by atoms with E-state index in [0.717, 1.165) is 35.3 Å². The smallest absolute Gasteiger partial charge is 0.305 e. The van der Waals surface area contributed by atoms with E-state index in [1.165, 1.54) is 32.6 Å². The van der Waals surface area contributed by atoms with Gasteiger partial charge in [-0.25, -0.2) is 0 Å². The van der Waals surface area contributed by atoms with Crippen molar-refractivity contribution in [2.45, 2.75) is 206 Å². The number of benzene rings is 5. The van der Waals surface area contributed by atoms with Gasteiger partial charge in [0.25, 0.3) is 0 Å². The van der Waals surface area contributed by atoms with E-state index in [1.807, 2.05) is 54.6 Å². The minimum Gasteiger partial charge on any atom is -0.481 e. The van der Waals surface area contributed by atoms with Crippen molar-refractivity contribution in [3.8, 4) is 0 Å². The zero-order valence-corrected chi connectivity index (χ0v) is 82.6. The third kappa shape index (κ3) is 29.3. The Morgan fingerprint density at radius 1 is 0.486 bits per heavy atom. The number of hydrogen-bond acceptors (Lipinski definition) is 25. The number of fused-ring (bicyclic) bond motifs is 11. The number of para-hydroxylation sites is 2. The first-order valence-electron chi connectivity index (χ1n) is 46.9. The Hall–Kier alpha value is -13.1. The molecule has 1 saturated heterocycles. The number of hydrogen-bond donors (Lipinski definition) is 18. The fourth-order valence-electron chi connectivity index (χ4n) is 17.5. The standard InChI is InChI=1S/C98H128N20O19S3/c1-11-62-34-80(121)88(55(7)119)114-91(130)65(35-79(120)54(6)99)46-138-49-82(123)115-40-56-23-58(28-66(26-56)101-8)42-116-43-59-25-61(31-68(29-59)103-10)45-117(44-60-24-57(41-115)27-67(30-60)102-9)84(125)51-140-48-77(111-90(62)129)95(134)108-74(33-64-38-105-72-20-15-13-18-70(64)72)94(133)112-86(52(2)3)97(136)109-75(36-85(126)127)92(131)106-39-81(122)107-73(32-63-37-104-71-19-14-12-17-69(63)71)93(132)113-87(53(4)5)98(137)118-22-16-21-78(118)96(135)110-76(89(100)128)47-139-50-83(116)124/h12-15,17-20,23-31,37-38,52-55,62,65,73-78,86-88,101-105,119H,11,16,21-22,32-36,39-51,99H2,1-10H3,(H2,100,128)(H,106,131)(H,107,122)(H,108,134)(H,109,136)(H,110,135)(H,111,129)(H,112,133)(H,113,132)(H,114,130)(H,126,127)/t54-,55+,62+,65-,73-,74-,75-,76-,77-,78-,86-,87-,88-/m0/s1. The SMILES string of the molecule is CC[C@@H]1CC(=O)[C@H]([C@@H](C)O)NC(=O)[C@@H](CC(=O)[C@H](C)N)CSCC(=O)N2Cc3cc(cc(NC)c3)CN3Cc4cc(cc(NC)c4)CN(Cc4cc(cc(NC)c4)C2)C(=O)CSC[C@H](NC1=O)C(=O)N[C@@H](Cc1c[nH]c2ccccc12)C(=O)N[C@@H](C(C)C)C(=O)N[C@@H](CC(=O)O)C(=O)NCC(=O)N[C@@H](Cc1c[nH]c2ccccc12)C(=O)N[C@@H](C(C)C)C(=O)N1CCC[C@H]1C(=O)N[C@H](C(N)=O)CSCC3=O. The van der Waals surface area contributed by atoms with Crippen molar-refractivity contribution < 1.29 is 91.7 Å². The van der Waals surface area contributed by atoms with Crippen LogP contribution in [0.15, 0.2) is 116 Å². The number of carboxylic acid groups (broad SMARTS) is 1. The summed E-state index contributed by atoms with van der Waals surface area (Å²) in [6, 6.07) is 15.5. The molecule has 0 aliphatic carbocycles. The molecule has 13 atom stereocenters. The molecule has 4 aliphatic heterocycles. The summed E-state index contributed by atoms with van der Waals surface area (Å²) in [6.07, 6.45) is -0.755. The van der Waals surface area contributed by atoms with Crippen molar-refractivity contribution in [2.75, 3.05) is 84.7 Å². The molecule has 5 aromatic carbocycles. The van der Waals surface area contributed by atoms with Gasteiger partial charge < -0.3 is 115 Å². The van der Waals surface area contributed by atoms with E-state index in [9.17, 15) is 53.4 Å². The number of aromatic nitrogens is 2. The van der Waals surface area contributed by atoms with Gasteiger partial charge in [-0.15, -0.1) is 23.5 Å². The van der Waals surface area contributed by atoms with Crippen LogP contribution in [0.25, 0.3) is 21.8 Å². The quantitative estimate of drug-likeness (QED) is 0.0623. The molecule has 42 heteroatoms. The molecule has 6 heterocycles. The minimum atomic E-state index is -1.96. The van der Waals surface area contributed by atoms with Gasteiger partial charge in [-0.3, -0.25) is 81.5 Å². The lowest BCUT2D eigenvalue weighted by Gasteiger charge is -2.32. The average molecular weight is 1990 g/mol. The molecule has 0 saturated carbocycles. The summed E-state index contributed by atoms with van der Waals surface area (Å²) >= 11 is 2.93. The molecule has 39 nitrogen and oxygen atoms in total. The molecule has 2 aromatic heterocycles. The second-order valence-corrected chi connectivity index (χ2v) is 39.8. The molecule has 0 radical (unpaired) electrons. The monoisotopic (exact) mass is 1980 g/mol. The summed E-state index contributed by atoms with van der Waals surface area (Å²) in [4.78, 5) is 264. The van der Waals surface area contributed by atoms with E-state index in [-0.39, 0.29) is 94.5 Å². The van der Waals surface area contributed by atoms with Gasteiger partial charge in [-0.05, 0) is 138 Å². The zero-order valence-electron chi connectivity index (χ0n) is 80.2. The van der Waals surface area contributed by atoms with Crippen LogP contribution in [-0.2, 0) is 134 Å². The molecular formula is C98H128N20O19S3. The number of ketones is 2. The molecule has 20 N–H and O–H groups in total. The van der Waals surface area contributed by atoms with Crippen LogP contribution < -0.4 is 75.3 Å². The Kier molecular flexibility index (Phi) is 38.5. The fraction of sp³-hybridized carbons (Fsp3) is 0.480. The maximum atomic E-state index is 15.8. The maximum absolute atomic E-state index is 15.8. The lowest BCUT2D eigenvalue weighted by Crippen LogP contribution is -2.61. The van der Waals surface area contributed by atoms with Crippen molar-refractivity contribution in [3.05, 3.63) is 160 Å². The number of carbonyl (C=O) groups excluding carboxylic acids is 16. The minimum absolute atomic E-state index is 0.0362. The average Bonchev–Trinajstić information content (AvgIpc) is 1.80. The normalized spacial score (nSPS) is 23.4. The molecule has 14 amide bonds. The van der Waals surface area contributed by atoms with Gasteiger partial charge in [0.2, 0.25) is 82.7 Å². The predicted octanol–water partition coefficient (Wildman–Crippen LogP) is 2.93. The highest BCUT2D eigenvalue weighted by Gasteiger charge is 2.43. The Bertz CT molecular complexity index is 5750. The van der Waals surface area contributed by atoms with Crippen LogP contribution in [0, 0.1) is 23.7 Å². The fourth-order valence-corrected chi connectivity index (χ4v) is 20.4. The van der Waals surface area contributed by atoms with Crippen LogP contribution in [0.5, 0.6) is 0 Å². The predicted molar refractivity (Wildman–Crippen MR) is 533 cm³/mol. The number of carboxylic acids is 1. The largest absolute Gasteiger partial charge is 0.481 e. The maximum Gasteiger partial charge on any atom is 0.305 e. The van der Waals surface area contributed by atoms with Crippen LogP contribution in [0.4, 0.5) is 17.1 Å². The molecule has 10 bridgehead atoms. The van der Waals surface area contributed by atoms with Gasteiger partial charge in [0, 0.05) is 167 Å². The summed E-state index contributed by atoms with van der Waals surface area (Å²) in [5.41, 5.74) is 19.8. The number of thioether (sulfide) groups is 3. The number of nitrogens with one attached hydrogen (secondary N) is 14. The Morgan fingerprint density at radius 3 is 1.38 bits per heavy atom. The third-order valence-electron chi connectivity index (χ3n) is 25.2. The highest BCUT2D eigenvalue weighted by molar-refractivity contribution is 8.00. The number of Topliss-reactive ketones (excluding diaryl/α,β-unsaturated/α-hetero) is 2. The number of aliphatic hydroxyl groups excluding tert-OH is 1. The molecule has 1 fully saturated rings. The number of rotatable bonds is 17. The van der Waals surface area contributed by atoms with Crippen molar-refractivity contribution >= 4 is 174 Å². The Balaban J connectivity index is 1.04. The summed E-state index contributed by atoms with van der Waals surface area (Å²) in [7, 11) is 5.12. The van der Waals surface area contributed by atoms with Crippen LogP contribution in [-0.4, -0.2) is 275 Å². The van der Waals surface area contributed by atoms with E-state index in [4.69, 9.17) is 11.5 Å². The number of aromatic amines is 2. The third-order valence-corrected chi connectivity index (χ3v) is 28.3. The number of amides is 14. The number of aliphatic carboxylic acids is 1. The zero-order chi connectivity index (χ0) is 101. The van der Waals surface area contributed by atoms with E-state index in [1.54, 1.807) is 118 Å². The first kappa shape index (κ1) is 107. The van der Waals surface area contributed by atoms with Crippen molar-refractivity contribution in [1.82, 2.24) is 77.4 Å². The molecule has 0 unspecified atom stereocenters. The van der Waals surface area contributed by atoms with Gasteiger partial charge in [0.05, 0.1) is 48.3 Å². The number of carbonyl (C=O) groups is 17. The number of primary amides is 1. The topological polar surface area (TPSA) is 572 Å². The number of anilines is 3.